The van der Waals surface area contributed by atoms with Gasteiger partial charge < -0.3 is 0 Å². The molecule has 1 fully saturated rings. The van der Waals surface area contributed by atoms with Gasteiger partial charge in [-0.1, -0.05) is 30.7 Å². The number of aryl methyl sites for hydroxylation is 1. The van der Waals surface area contributed by atoms with Crippen LogP contribution in [-0.2, 0) is 6.42 Å². The lowest BCUT2D eigenvalue weighted by Crippen LogP contribution is -2.24. The molecule has 14 heavy (non-hydrogen) atoms. The Balaban J connectivity index is 1.99. The molecule has 0 aromatic heterocycles. The second kappa shape index (κ2) is 3.42. The molecule has 0 saturated heterocycles. The maximum atomic E-state index is 2.57. The van der Waals surface area contributed by atoms with Crippen LogP contribution in [0, 0.1) is 12.3 Å². The molecule has 1 aromatic rings. The lowest BCUT2D eigenvalue weighted by Gasteiger charge is -2.36. The topological polar surface area (TPSA) is 0 Å². The molecule has 2 aliphatic rings. The summed E-state index contributed by atoms with van der Waals surface area (Å²) in [6, 6.07) is 9.06. The van der Waals surface area contributed by atoms with E-state index in [-0.39, 0.29) is 0 Å². The molecule has 0 nitrogen and oxygen atoms in total. The van der Waals surface area contributed by atoms with Crippen molar-refractivity contribution < 1.29 is 0 Å². The van der Waals surface area contributed by atoms with Gasteiger partial charge in [0, 0.05) is 0 Å². The summed E-state index contributed by atoms with van der Waals surface area (Å²) >= 11 is 0. The highest BCUT2D eigenvalue weighted by molar-refractivity contribution is 5.34. The number of benzene rings is 1. The van der Waals surface area contributed by atoms with Crippen molar-refractivity contribution in [3.05, 3.63) is 41.8 Å². The second-order valence-corrected chi connectivity index (χ2v) is 4.67. The van der Waals surface area contributed by atoms with E-state index in [1.165, 1.54) is 32.1 Å². The molecular weight excluding hydrogens is 168 g/mol. The van der Waals surface area contributed by atoms with E-state index in [1.54, 1.807) is 11.1 Å². The smallest absolute Gasteiger partial charge is 0.0128 e. The van der Waals surface area contributed by atoms with E-state index < -0.39 is 0 Å². The van der Waals surface area contributed by atoms with Gasteiger partial charge in [0.2, 0.25) is 0 Å². The van der Waals surface area contributed by atoms with Crippen LogP contribution in [0.2, 0.25) is 0 Å². The molecule has 2 unspecified atom stereocenters. The minimum atomic E-state index is 0.855. The van der Waals surface area contributed by atoms with Gasteiger partial charge in [-0.25, -0.2) is 0 Å². The fraction of sp³-hybridized carbons (Fsp3) is 0.500. The minimum absolute atomic E-state index is 0.855. The quantitative estimate of drug-likeness (QED) is 0.578. The van der Waals surface area contributed by atoms with Crippen LogP contribution in [0.5, 0.6) is 0 Å². The molecule has 1 radical (unpaired) electrons. The Hall–Kier alpha value is -0.780. The van der Waals surface area contributed by atoms with Gasteiger partial charge >= 0.3 is 0 Å². The molecule has 2 aliphatic carbocycles. The summed E-state index contributed by atoms with van der Waals surface area (Å²) in [4.78, 5) is 0. The van der Waals surface area contributed by atoms with Crippen LogP contribution in [0.3, 0.4) is 0 Å². The average Bonchev–Trinajstić information content (AvgIpc) is 2.29. The first kappa shape index (κ1) is 8.52. The van der Waals surface area contributed by atoms with Crippen molar-refractivity contribution in [1.29, 1.82) is 0 Å². The predicted molar refractivity (Wildman–Crippen MR) is 59.1 cm³/mol. The first-order chi connectivity index (χ1) is 6.95. The lowest BCUT2D eigenvalue weighted by atomic mass is 9.68. The summed E-state index contributed by atoms with van der Waals surface area (Å²) in [7, 11) is 0. The van der Waals surface area contributed by atoms with E-state index in [2.05, 4.69) is 30.7 Å². The molecule has 0 spiro atoms. The lowest BCUT2D eigenvalue weighted by molar-refractivity contribution is 0.343. The standard InChI is InChI=1S/C14H17/c1-3-7-13-11(5-1)9-10-12-6-2-4-8-14(12)13/h1,3,5-7,12,14H,2,4,8-10H2. The Labute approximate surface area is 86.3 Å². The van der Waals surface area contributed by atoms with E-state index >= 15 is 0 Å². The molecule has 0 bridgehead atoms. The maximum absolute atomic E-state index is 2.57. The van der Waals surface area contributed by atoms with Crippen molar-refractivity contribution >= 4 is 0 Å². The number of hydrogen-bond acceptors (Lipinski definition) is 0. The van der Waals surface area contributed by atoms with Crippen LogP contribution in [-0.4, -0.2) is 0 Å². The van der Waals surface area contributed by atoms with Crippen molar-refractivity contribution in [1.82, 2.24) is 0 Å². The zero-order chi connectivity index (χ0) is 9.38. The highest BCUT2D eigenvalue weighted by atomic mass is 14.4. The van der Waals surface area contributed by atoms with Gasteiger partial charge in [0.15, 0.2) is 0 Å². The summed E-state index contributed by atoms with van der Waals surface area (Å²) in [5, 5.41) is 0. The molecule has 1 saturated carbocycles. The molecule has 3 rings (SSSR count). The number of hydrogen-bond donors (Lipinski definition) is 0. The van der Waals surface area contributed by atoms with E-state index in [4.69, 9.17) is 0 Å². The highest BCUT2D eigenvalue weighted by Gasteiger charge is 2.30. The summed E-state index contributed by atoms with van der Waals surface area (Å²) in [6.07, 6.45) is 9.43. The Bertz CT molecular complexity index is 327. The van der Waals surface area contributed by atoms with Crippen LogP contribution < -0.4 is 0 Å². The normalized spacial score (nSPS) is 30.6. The summed E-state index contributed by atoms with van der Waals surface area (Å²) in [6.45, 7) is 0. The predicted octanol–water partition coefficient (Wildman–Crippen LogP) is 3.72. The summed E-state index contributed by atoms with van der Waals surface area (Å²) < 4.78 is 0. The Morgan fingerprint density at radius 3 is 3.00 bits per heavy atom. The SMILES string of the molecule is [CH]1CCCC2c3ccccc3CCC12. The molecule has 2 atom stereocenters. The monoisotopic (exact) mass is 185 g/mol. The Morgan fingerprint density at radius 1 is 1.07 bits per heavy atom. The highest BCUT2D eigenvalue weighted by Crippen LogP contribution is 2.44. The third-order valence-corrected chi connectivity index (χ3v) is 3.91. The average molecular weight is 185 g/mol. The fourth-order valence-electron chi connectivity index (χ4n) is 3.20. The molecule has 73 valence electrons. The van der Waals surface area contributed by atoms with Crippen molar-refractivity contribution in [2.24, 2.45) is 5.92 Å². The van der Waals surface area contributed by atoms with Crippen LogP contribution in [0.1, 0.15) is 42.7 Å². The van der Waals surface area contributed by atoms with Crippen molar-refractivity contribution in [2.45, 2.75) is 38.0 Å². The van der Waals surface area contributed by atoms with Crippen LogP contribution in [0.25, 0.3) is 0 Å². The van der Waals surface area contributed by atoms with Crippen molar-refractivity contribution in [3.63, 3.8) is 0 Å². The zero-order valence-corrected chi connectivity index (χ0v) is 8.58. The molecular formula is C14H17. The largest absolute Gasteiger partial charge is 0.0620 e. The maximum Gasteiger partial charge on any atom is -0.0128 e. The molecule has 0 heterocycles. The van der Waals surface area contributed by atoms with Gasteiger partial charge in [0.05, 0.1) is 0 Å². The van der Waals surface area contributed by atoms with Crippen molar-refractivity contribution in [3.8, 4) is 0 Å². The third kappa shape index (κ3) is 1.28. The minimum Gasteiger partial charge on any atom is -0.0620 e. The van der Waals surface area contributed by atoms with Gasteiger partial charge in [-0.3, -0.25) is 0 Å². The molecule has 0 N–H and O–H groups in total. The van der Waals surface area contributed by atoms with Gasteiger partial charge in [0.1, 0.15) is 0 Å². The van der Waals surface area contributed by atoms with Gasteiger partial charge in [-0.05, 0) is 55.1 Å². The third-order valence-electron chi connectivity index (χ3n) is 3.91. The summed E-state index contributed by atoms with van der Waals surface area (Å²) in [5.41, 5.74) is 3.27. The first-order valence-electron chi connectivity index (χ1n) is 5.86. The van der Waals surface area contributed by atoms with E-state index in [0.717, 1.165) is 11.8 Å². The van der Waals surface area contributed by atoms with Gasteiger partial charge in [-0.2, -0.15) is 0 Å². The van der Waals surface area contributed by atoms with E-state index in [1.807, 2.05) is 0 Å². The number of rotatable bonds is 0. The van der Waals surface area contributed by atoms with Crippen LogP contribution in [0.4, 0.5) is 0 Å². The van der Waals surface area contributed by atoms with Crippen LogP contribution >= 0.6 is 0 Å². The Kier molecular flexibility index (Phi) is 2.08. The first-order valence-corrected chi connectivity index (χ1v) is 5.86. The zero-order valence-electron chi connectivity index (χ0n) is 8.58. The van der Waals surface area contributed by atoms with E-state index in [0.29, 0.717) is 0 Å². The van der Waals surface area contributed by atoms with Crippen molar-refractivity contribution in [2.75, 3.05) is 0 Å². The van der Waals surface area contributed by atoms with Gasteiger partial charge in [-0.15, -0.1) is 0 Å². The van der Waals surface area contributed by atoms with E-state index in [9.17, 15) is 0 Å². The second-order valence-electron chi connectivity index (χ2n) is 4.67. The van der Waals surface area contributed by atoms with Crippen LogP contribution in [0.15, 0.2) is 24.3 Å². The molecule has 0 aliphatic heterocycles. The molecule has 1 aromatic carbocycles. The van der Waals surface area contributed by atoms with Gasteiger partial charge in [0.25, 0.3) is 0 Å². The fourth-order valence-corrected chi connectivity index (χ4v) is 3.20. The number of fused-ring (bicyclic) bond motifs is 3. The summed E-state index contributed by atoms with van der Waals surface area (Å²) in [5.74, 6) is 1.74. The Morgan fingerprint density at radius 2 is 2.00 bits per heavy atom. The molecule has 0 amide bonds. The molecule has 0 heteroatoms.